The van der Waals surface area contributed by atoms with Crippen LogP contribution in [0.25, 0.3) is 0 Å². The summed E-state index contributed by atoms with van der Waals surface area (Å²) >= 11 is 0. The highest BCUT2D eigenvalue weighted by Gasteiger charge is 2.37. The second-order valence-corrected chi connectivity index (χ2v) is 6.35. The van der Waals surface area contributed by atoms with Gasteiger partial charge in [0.2, 0.25) is 11.8 Å². The molecule has 1 atom stereocenters. The van der Waals surface area contributed by atoms with Gasteiger partial charge in [0.15, 0.2) is 0 Å². The molecule has 1 aromatic carbocycles. The summed E-state index contributed by atoms with van der Waals surface area (Å²) in [4.78, 5) is 28.4. The summed E-state index contributed by atoms with van der Waals surface area (Å²) < 4.78 is 10.7. The van der Waals surface area contributed by atoms with Gasteiger partial charge in [-0.2, -0.15) is 0 Å². The molecule has 1 fully saturated rings. The van der Waals surface area contributed by atoms with Crippen LogP contribution < -0.4 is 9.64 Å². The number of carbonyl (C=O) groups is 2. The average Bonchev–Trinajstić information content (AvgIpc) is 3.23. The molecule has 0 saturated carbocycles. The van der Waals surface area contributed by atoms with Crippen LogP contribution in [0.2, 0.25) is 0 Å². The Morgan fingerprint density at radius 2 is 2.20 bits per heavy atom. The fourth-order valence-corrected chi connectivity index (χ4v) is 3.14. The van der Waals surface area contributed by atoms with Crippen LogP contribution in [-0.4, -0.2) is 37.4 Å². The molecule has 6 nitrogen and oxygen atoms in total. The second kappa shape index (κ2) is 7.01. The third-order valence-electron chi connectivity index (χ3n) is 4.45. The van der Waals surface area contributed by atoms with Crippen molar-refractivity contribution in [3.63, 3.8) is 0 Å². The SMILES string of the molecule is COc1ccc(C)cc1N1CC(C(=O)N(C)Cc2ccco2)CC1=O. The lowest BCUT2D eigenvalue weighted by Crippen LogP contribution is -2.34. The maximum Gasteiger partial charge on any atom is 0.228 e. The van der Waals surface area contributed by atoms with E-state index in [4.69, 9.17) is 9.15 Å². The summed E-state index contributed by atoms with van der Waals surface area (Å²) in [7, 11) is 3.31. The minimum Gasteiger partial charge on any atom is -0.495 e. The molecule has 0 bridgehead atoms. The Morgan fingerprint density at radius 3 is 2.88 bits per heavy atom. The number of hydrogen-bond donors (Lipinski definition) is 0. The predicted molar refractivity (Wildman–Crippen MR) is 93.4 cm³/mol. The Morgan fingerprint density at radius 1 is 1.40 bits per heavy atom. The number of nitrogens with zero attached hydrogens (tertiary/aromatic N) is 2. The normalized spacial score (nSPS) is 17.0. The number of benzene rings is 1. The minimum atomic E-state index is -0.363. The van der Waals surface area contributed by atoms with E-state index < -0.39 is 0 Å². The highest BCUT2D eigenvalue weighted by Crippen LogP contribution is 2.34. The van der Waals surface area contributed by atoms with Gasteiger partial charge in [-0.1, -0.05) is 6.07 Å². The maximum absolute atomic E-state index is 12.7. The van der Waals surface area contributed by atoms with Crippen molar-refractivity contribution < 1.29 is 18.7 Å². The van der Waals surface area contributed by atoms with E-state index in [-0.39, 0.29) is 24.2 Å². The number of methoxy groups -OCH3 is 1. The number of hydrogen-bond acceptors (Lipinski definition) is 4. The zero-order valence-electron chi connectivity index (χ0n) is 14.7. The van der Waals surface area contributed by atoms with Crippen LogP contribution in [0.5, 0.6) is 5.75 Å². The van der Waals surface area contributed by atoms with Crippen molar-refractivity contribution in [2.24, 2.45) is 5.92 Å². The van der Waals surface area contributed by atoms with Crippen molar-refractivity contribution in [3.8, 4) is 5.75 Å². The number of anilines is 1. The van der Waals surface area contributed by atoms with Gasteiger partial charge in [0.25, 0.3) is 0 Å². The molecule has 6 heteroatoms. The Labute approximate surface area is 147 Å². The summed E-state index contributed by atoms with van der Waals surface area (Å²) in [6.07, 6.45) is 1.79. The molecule has 1 aliphatic heterocycles. The zero-order chi connectivity index (χ0) is 18.0. The van der Waals surface area contributed by atoms with Crippen molar-refractivity contribution in [3.05, 3.63) is 47.9 Å². The second-order valence-electron chi connectivity index (χ2n) is 6.35. The van der Waals surface area contributed by atoms with E-state index >= 15 is 0 Å². The Kier molecular flexibility index (Phi) is 4.79. The van der Waals surface area contributed by atoms with E-state index in [1.807, 2.05) is 31.2 Å². The monoisotopic (exact) mass is 342 g/mol. The molecule has 1 saturated heterocycles. The van der Waals surface area contributed by atoms with Gasteiger partial charge in [-0.25, -0.2) is 0 Å². The number of furan rings is 1. The molecule has 0 N–H and O–H groups in total. The number of amides is 2. The van der Waals surface area contributed by atoms with Crippen LogP contribution >= 0.6 is 0 Å². The molecule has 2 heterocycles. The van der Waals surface area contributed by atoms with E-state index in [9.17, 15) is 9.59 Å². The first-order chi connectivity index (χ1) is 12.0. The molecule has 1 aliphatic rings. The van der Waals surface area contributed by atoms with Crippen LogP contribution in [-0.2, 0) is 16.1 Å². The van der Waals surface area contributed by atoms with Crippen molar-refractivity contribution in [2.75, 3.05) is 25.6 Å². The third-order valence-corrected chi connectivity index (χ3v) is 4.45. The van der Waals surface area contributed by atoms with E-state index in [0.29, 0.717) is 18.8 Å². The van der Waals surface area contributed by atoms with E-state index in [0.717, 1.165) is 17.0 Å². The van der Waals surface area contributed by atoms with Crippen LogP contribution in [0.1, 0.15) is 17.7 Å². The van der Waals surface area contributed by atoms with E-state index in [1.165, 1.54) is 0 Å². The van der Waals surface area contributed by atoms with Crippen LogP contribution in [0.4, 0.5) is 5.69 Å². The van der Waals surface area contributed by atoms with Crippen LogP contribution in [0.15, 0.2) is 41.0 Å². The van der Waals surface area contributed by atoms with E-state index in [1.54, 1.807) is 36.3 Å². The van der Waals surface area contributed by atoms with Gasteiger partial charge >= 0.3 is 0 Å². The van der Waals surface area contributed by atoms with Gasteiger partial charge < -0.3 is 19.0 Å². The van der Waals surface area contributed by atoms with Crippen molar-refractivity contribution in [1.29, 1.82) is 0 Å². The minimum absolute atomic E-state index is 0.0566. The Hall–Kier alpha value is -2.76. The van der Waals surface area contributed by atoms with Crippen molar-refractivity contribution >= 4 is 17.5 Å². The van der Waals surface area contributed by atoms with Gasteiger partial charge in [0.1, 0.15) is 11.5 Å². The molecule has 0 spiro atoms. The highest BCUT2D eigenvalue weighted by molar-refractivity contribution is 6.01. The van der Waals surface area contributed by atoms with Gasteiger partial charge in [0.05, 0.1) is 31.5 Å². The molecule has 0 aliphatic carbocycles. The smallest absolute Gasteiger partial charge is 0.228 e. The molecule has 25 heavy (non-hydrogen) atoms. The molecule has 1 unspecified atom stereocenters. The molecule has 3 rings (SSSR count). The number of aryl methyl sites for hydroxylation is 1. The van der Waals surface area contributed by atoms with Crippen LogP contribution in [0, 0.1) is 12.8 Å². The predicted octanol–water partition coefficient (Wildman–Crippen LogP) is 2.61. The molecule has 2 amide bonds. The Balaban J connectivity index is 1.74. The lowest BCUT2D eigenvalue weighted by atomic mass is 10.1. The summed E-state index contributed by atoms with van der Waals surface area (Å²) in [5.41, 5.74) is 1.75. The van der Waals surface area contributed by atoms with Crippen LogP contribution in [0.3, 0.4) is 0 Å². The number of rotatable bonds is 5. The van der Waals surface area contributed by atoms with Crippen molar-refractivity contribution in [2.45, 2.75) is 19.9 Å². The van der Waals surface area contributed by atoms with E-state index in [2.05, 4.69) is 0 Å². The summed E-state index contributed by atoms with van der Waals surface area (Å²) in [5.74, 6) is 0.874. The molecular formula is C19H22N2O4. The van der Waals surface area contributed by atoms with Gasteiger partial charge in [0, 0.05) is 20.0 Å². The molecule has 132 valence electrons. The topological polar surface area (TPSA) is 63.0 Å². The zero-order valence-corrected chi connectivity index (χ0v) is 14.7. The standard InChI is InChI=1S/C19H22N2O4/c1-13-6-7-17(24-3)16(9-13)21-11-14(10-18(21)22)19(23)20(2)12-15-5-4-8-25-15/h4-9,14H,10-12H2,1-3H3. The molecule has 2 aromatic rings. The fraction of sp³-hybridized carbons (Fsp3) is 0.368. The number of carbonyl (C=O) groups excluding carboxylic acids is 2. The molecule has 1 aromatic heterocycles. The summed E-state index contributed by atoms with van der Waals surface area (Å²) in [5, 5.41) is 0. The Bertz CT molecular complexity index is 770. The molecule has 0 radical (unpaired) electrons. The first-order valence-electron chi connectivity index (χ1n) is 8.22. The first-order valence-corrected chi connectivity index (χ1v) is 8.22. The largest absolute Gasteiger partial charge is 0.495 e. The number of ether oxygens (including phenoxy) is 1. The molecular weight excluding hydrogens is 320 g/mol. The fourth-order valence-electron chi connectivity index (χ4n) is 3.14. The van der Waals surface area contributed by atoms with Gasteiger partial charge in [-0.3, -0.25) is 9.59 Å². The lowest BCUT2D eigenvalue weighted by molar-refractivity contribution is -0.135. The summed E-state index contributed by atoms with van der Waals surface area (Å²) in [6, 6.07) is 9.31. The highest BCUT2D eigenvalue weighted by atomic mass is 16.5. The quantitative estimate of drug-likeness (QED) is 0.838. The lowest BCUT2D eigenvalue weighted by Gasteiger charge is -2.22. The summed E-state index contributed by atoms with van der Waals surface area (Å²) in [6.45, 7) is 2.72. The van der Waals surface area contributed by atoms with Gasteiger partial charge in [-0.15, -0.1) is 0 Å². The maximum atomic E-state index is 12.7. The van der Waals surface area contributed by atoms with Gasteiger partial charge in [-0.05, 0) is 36.8 Å². The average molecular weight is 342 g/mol. The third kappa shape index (κ3) is 3.52. The first kappa shape index (κ1) is 17.1. The van der Waals surface area contributed by atoms with Crippen molar-refractivity contribution in [1.82, 2.24) is 4.90 Å².